The normalized spacial score (nSPS) is 11.5. The van der Waals surface area contributed by atoms with Crippen molar-refractivity contribution in [2.45, 2.75) is 32.5 Å². The summed E-state index contributed by atoms with van der Waals surface area (Å²) in [4.78, 5) is 12.5. The number of thioether (sulfide) groups is 1. The van der Waals surface area contributed by atoms with E-state index >= 15 is 0 Å². The number of hydrogen-bond donors (Lipinski definition) is 1. The molecule has 1 amide bonds. The Hall–Kier alpha value is -2.92. The van der Waals surface area contributed by atoms with Crippen molar-refractivity contribution in [3.63, 3.8) is 0 Å². The first kappa shape index (κ1) is 24.7. The number of anilines is 2. The van der Waals surface area contributed by atoms with Crippen LogP contribution in [0.1, 0.15) is 22.5 Å². The van der Waals surface area contributed by atoms with Crippen molar-refractivity contribution in [2.75, 3.05) is 21.6 Å². The summed E-state index contributed by atoms with van der Waals surface area (Å²) in [7, 11) is -1.95. The molecule has 0 fully saturated rings. The molecule has 8 nitrogen and oxygen atoms in total. The highest BCUT2D eigenvalue weighted by molar-refractivity contribution is 7.99. The molecule has 1 heterocycles. The van der Waals surface area contributed by atoms with Crippen molar-refractivity contribution in [1.29, 1.82) is 0 Å². The zero-order chi connectivity index (χ0) is 24.3. The van der Waals surface area contributed by atoms with Crippen molar-refractivity contribution in [3.8, 4) is 0 Å². The van der Waals surface area contributed by atoms with Crippen molar-refractivity contribution in [1.82, 2.24) is 14.8 Å². The van der Waals surface area contributed by atoms with Crippen LogP contribution in [0.3, 0.4) is 0 Å². The molecule has 0 radical (unpaired) electrons. The summed E-state index contributed by atoms with van der Waals surface area (Å²) >= 11 is 1.20. The lowest BCUT2D eigenvalue weighted by atomic mass is 10.1. The van der Waals surface area contributed by atoms with Gasteiger partial charge in [0, 0.05) is 12.7 Å². The van der Waals surface area contributed by atoms with Gasteiger partial charge >= 0.3 is 0 Å². The van der Waals surface area contributed by atoms with Gasteiger partial charge in [0.05, 0.1) is 24.2 Å². The van der Waals surface area contributed by atoms with Gasteiger partial charge in [0.2, 0.25) is 15.9 Å². The zero-order valence-electron chi connectivity index (χ0n) is 19.1. The molecule has 2 aromatic carbocycles. The molecule has 1 aromatic heterocycles. The lowest BCUT2D eigenvalue weighted by Crippen LogP contribution is -2.30. The molecular weight excluding hydrogens is 465 g/mol. The highest BCUT2D eigenvalue weighted by Crippen LogP contribution is 2.24. The van der Waals surface area contributed by atoms with Crippen LogP contribution in [0.25, 0.3) is 0 Å². The summed E-state index contributed by atoms with van der Waals surface area (Å²) in [5.41, 5.74) is 4.24. The first-order valence-electron chi connectivity index (χ1n) is 10.1. The predicted octanol–water partition coefficient (Wildman–Crippen LogP) is 3.58. The Kier molecular flexibility index (Phi) is 7.43. The molecular formula is C22H26FN5O3S2. The Morgan fingerprint density at radius 1 is 1.12 bits per heavy atom. The second kappa shape index (κ2) is 9.92. The molecule has 1 N–H and O–H groups in total. The number of hydrogen-bond acceptors (Lipinski definition) is 6. The summed E-state index contributed by atoms with van der Waals surface area (Å²) in [6, 6.07) is 9.20. The third-order valence-electron chi connectivity index (χ3n) is 5.00. The van der Waals surface area contributed by atoms with E-state index in [1.807, 2.05) is 32.9 Å². The van der Waals surface area contributed by atoms with Crippen LogP contribution in [0.4, 0.5) is 15.8 Å². The maximum atomic E-state index is 13.3. The minimum Gasteiger partial charge on any atom is -0.325 e. The van der Waals surface area contributed by atoms with E-state index in [-0.39, 0.29) is 18.2 Å². The van der Waals surface area contributed by atoms with Crippen LogP contribution in [-0.4, -0.2) is 41.1 Å². The third-order valence-corrected chi connectivity index (χ3v) is 7.16. The molecule has 176 valence electrons. The second-order valence-corrected chi connectivity index (χ2v) is 10.7. The molecule has 3 aromatic rings. The quantitative estimate of drug-likeness (QED) is 0.484. The van der Waals surface area contributed by atoms with Crippen molar-refractivity contribution in [3.05, 3.63) is 64.7 Å². The van der Waals surface area contributed by atoms with E-state index < -0.39 is 15.8 Å². The van der Waals surface area contributed by atoms with E-state index in [0.29, 0.717) is 16.7 Å². The molecule has 0 aliphatic carbocycles. The Bertz CT molecular complexity index is 1250. The van der Waals surface area contributed by atoms with Crippen molar-refractivity contribution < 1.29 is 17.6 Å². The van der Waals surface area contributed by atoms with E-state index in [1.54, 1.807) is 11.6 Å². The van der Waals surface area contributed by atoms with Crippen molar-refractivity contribution >= 4 is 39.1 Å². The van der Waals surface area contributed by atoms with Gasteiger partial charge in [-0.1, -0.05) is 29.5 Å². The van der Waals surface area contributed by atoms with Crippen LogP contribution in [0.15, 0.2) is 41.6 Å². The van der Waals surface area contributed by atoms with Gasteiger partial charge in [-0.2, -0.15) is 0 Å². The van der Waals surface area contributed by atoms with Gasteiger partial charge in [-0.25, -0.2) is 12.8 Å². The molecule has 0 aliphatic rings. The maximum Gasteiger partial charge on any atom is 0.234 e. The van der Waals surface area contributed by atoms with E-state index in [9.17, 15) is 17.6 Å². The average molecular weight is 492 g/mol. The smallest absolute Gasteiger partial charge is 0.234 e. The molecule has 33 heavy (non-hydrogen) atoms. The van der Waals surface area contributed by atoms with Crippen LogP contribution < -0.4 is 9.62 Å². The topological polar surface area (TPSA) is 97.2 Å². The number of benzene rings is 2. The number of amides is 1. The fraction of sp³-hybridized carbons (Fsp3) is 0.318. The third kappa shape index (κ3) is 6.11. The predicted molar refractivity (Wildman–Crippen MR) is 128 cm³/mol. The molecule has 0 saturated carbocycles. The highest BCUT2D eigenvalue weighted by Gasteiger charge is 2.22. The Morgan fingerprint density at radius 2 is 1.73 bits per heavy atom. The van der Waals surface area contributed by atoms with Crippen LogP contribution in [-0.2, 0) is 28.4 Å². The molecule has 0 atom stereocenters. The van der Waals surface area contributed by atoms with Gasteiger partial charge in [-0.3, -0.25) is 9.10 Å². The number of rotatable bonds is 8. The Labute approximate surface area is 197 Å². The summed E-state index contributed by atoms with van der Waals surface area (Å²) in [6.07, 6.45) is 1.07. The number of halogens is 1. The summed E-state index contributed by atoms with van der Waals surface area (Å²) in [5.74, 6) is -0.132. The van der Waals surface area contributed by atoms with Crippen LogP contribution >= 0.6 is 11.8 Å². The largest absolute Gasteiger partial charge is 0.325 e. The molecule has 0 spiro atoms. The SMILES string of the molecule is Cc1cc(C)c(NC(=O)CSc2nnc(CN(c3ccc(F)cc3)S(C)(=O)=O)n2C)c(C)c1. The van der Waals surface area contributed by atoms with E-state index in [2.05, 4.69) is 15.5 Å². The molecule has 0 saturated heterocycles. The lowest BCUT2D eigenvalue weighted by Gasteiger charge is -2.21. The van der Waals surface area contributed by atoms with Crippen LogP contribution in [0, 0.1) is 26.6 Å². The summed E-state index contributed by atoms with van der Waals surface area (Å²) in [5, 5.41) is 11.6. The molecule has 3 rings (SSSR count). The average Bonchev–Trinajstić information content (AvgIpc) is 3.06. The minimum absolute atomic E-state index is 0.0809. The molecule has 0 bridgehead atoms. The van der Waals surface area contributed by atoms with Gasteiger partial charge in [0.25, 0.3) is 0 Å². The molecule has 0 unspecified atom stereocenters. The monoisotopic (exact) mass is 491 g/mol. The molecule has 11 heteroatoms. The minimum atomic E-state index is -3.65. The van der Waals surface area contributed by atoms with Gasteiger partial charge in [-0.05, 0) is 56.2 Å². The maximum absolute atomic E-state index is 13.3. The number of carbonyl (C=O) groups excluding carboxylic acids is 1. The fourth-order valence-electron chi connectivity index (χ4n) is 3.43. The Balaban J connectivity index is 1.70. The number of aromatic nitrogens is 3. The Morgan fingerprint density at radius 3 is 2.30 bits per heavy atom. The first-order valence-corrected chi connectivity index (χ1v) is 12.9. The summed E-state index contributed by atoms with van der Waals surface area (Å²) < 4.78 is 40.7. The fourth-order valence-corrected chi connectivity index (χ4v) is 5.01. The first-order chi connectivity index (χ1) is 15.5. The van der Waals surface area contributed by atoms with Gasteiger partial charge in [0.1, 0.15) is 5.82 Å². The number of carbonyl (C=O) groups is 1. The number of nitrogens with zero attached hydrogens (tertiary/aromatic N) is 4. The van der Waals surface area contributed by atoms with E-state index in [0.717, 1.165) is 32.9 Å². The highest BCUT2D eigenvalue weighted by atomic mass is 32.2. The van der Waals surface area contributed by atoms with E-state index in [4.69, 9.17) is 0 Å². The second-order valence-electron chi connectivity index (χ2n) is 7.81. The van der Waals surface area contributed by atoms with Gasteiger partial charge in [-0.15, -0.1) is 10.2 Å². The van der Waals surface area contributed by atoms with Crippen LogP contribution in [0.5, 0.6) is 0 Å². The number of aryl methyl sites for hydroxylation is 3. The number of nitrogens with one attached hydrogen (secondary N) is 1. The number of sulfonamides is 1. The van der Waals surface area contributed by atoms with Crippen molar-refractivity contribution in [2.24, 2.45) is 7.05 Å². The lowest BCUT2D eigenvalue weighted by molar-refractivity contribution is -0.113. The molecule has 0 aliphatic heterocycles. The van der Waals surface area contributed by atoms with Crippen LogP contribution in [0.2, 0.25) is 0 Å². The van der Waals surface area contributed by atoms with Gasteiger partial charge in [0.15, 0.2) is 11.0 Å². The summed E-state index contributed by atoms with van der Waals surface area (Å²) in [6.45, 7) is 5.83. The standard InChI is InChI=1S/C22H26FN5O3S2/c1-14-10-15(2)21(16(3)11-14)24-20(29)13-32-22-26-25-19(27(22)4)12-28(33(5,30)31)18-8-6-17(23)7-9-18/h6-11H,12-13H2,1-5H3,(H,24,29). The van der Waals surface area contributed by atoms with E-state index in [1.165, 1.54) is 36.0 Å². The van der Waals surface area contributed by atoms with Gasteiger partial charge < -0.3 is 9.88 Å². The zero-order valence-corrected chi connectivity index (χ0v) is 20.7.